The Morgan fingerprint density at radius 3 is 2.00 bits per heavy atom. The smallest absolute Gasteiger partial charge is 0.193 e. The van der Waals surface area contributed by atoms with Crippen LogP contribution in [0, 0.1) is 0 Å². The zero-order valence-electron chi connectivity index (χ0n) is 18.4. The highest BCUT2D eigenvalue weighted by molar-refractivity contribution is 6.01. The molecule has 0 aromatic heterocycles. The molecule has 0 aliphatic carbocycles. The third-order valence-corrected chi connectivity index (χ3v) is 4.73. The van der Waals surface area contributed by atoms with Gasteiger partial charge in [0.25, 0.3) is 0 Å². The van der Waals surface area contributed by atoms with Gasteiger partial charge < -0.3 is 10.2 Å². The molecule has 2 rings (SSSR count). The molecule has 0 amide bonds. The summed E-state index contributed by atoms with van der Waals surface area (Å²) < 4.78 is 0. The maximum absolute atomic E-state index is 12.4. The van der Waals surface area contributed by atoms with Crippen LogP contribution in [0.4, 0.5) is 0 Å². The van der Waals surface area contributed by atoms with E-state index in [0.717, 1.165) is 37.2 Å². The van der Waals surface area contributed by atoms with E-state index < -0.39 is 11.2 Å². The molecule has 0 fully saturated rings. The van der Waals surface area contributed by atoms with Crippen molar-refractivity contribution in [2.24, 2.45) is 0 Å². The zero-order chi connectivity index (χ0) is 21.7. The second-order valence-corrected chi connectivity index (χ2v) is 9.11. The molecule has 0 heterocycles. The molecule has 0 aliphatic heterocycles. The molecule has 0 aliphatic rings. The van der Waals surface area contributed by atoms with Crippen LogP contribution in [0.5, 0.6) is 0 Å². The monoisotopic (exact) mass is 397 g/mol. The molecule has 0 bridgehead atoms. The lowest BCUT2D eigenvalue weighted by atomic mass is 9.95. The number of nitrogens with zero attached hydrogens (tertiary/aromatic N) is 1. The molecule has 2 aromatic rings. The Balaban J connectivity index is 2.15. The van der Waals surface area contributed by atoms with Gasteiger partial charge in [0.2, 0.25) is 0 Å². The zero-order valence-corrected chi connectivity index (χ0v) is 18.4. The average Bonchev–Trinajstić information content (AvgIpc) is 2.59. The summed E-state index contributed by atoms with van der Waals surface area (Å²) in [7, 11) is 0. The van der Waals surface area contributed by atoms with Crippen LogP contribution in [0.25, 0.3) is 0 Å². The topological polar surface area (TPSA) is 60.8 Å². The van der Waals surface area contributed by atoms with Gasteiger partial charge in [-0.2, -0.15) is 0 Å². The van der Waals surface area contributed by atoms with Crippen molar-refractivity contribution >= 4 is 5.78 Å². The van der Waals surface area contributed by atoms with Gasteiger partial charge in [0, 0.05) is 25.1 Å². The van der Waals surface area contributed by atoms with E-state index in [-0.39, 0.29) is 5.78 Å². The molecule has 0 atom stereocenters. The highest BCUT2D eigenvalue weighted by Gasteiger charge is 2.25. The van der Waals surface area contributed by atoms with Crippen LogP contribution in [0.2, 0.25) is 0 Å². The summed E-state index contributed by atoms with van der Waals surface area (Å²) in [5.74, 6) is -0.263. The first-order valence-electron chi connectivity index (χ1n) is 10.4. The summed E-state index contributed by atoms with van der Waals surface area (Å²) in [6.07, 6.45) is 1.65. The Morgan fingerprint density at radius 2 is 1.45 bits per heavy atom. The van der Waals surface area contributed by atoms with Gasteiger partial charge in [0.15, 0.2) is 5.78 Å². The van der Waals surface area contributed by atoms with Crippen molar-refractivity contribution in [2.75, 3.05) is 6.54 Å². The fraction of sp³-hybridized carbons (Fsp3) is 0.480. The number of benzene rings is 2. The number of ketones is 1. The van der Waals surface area contributed by atoms with Gasteiger partial charge in [-0.3, -0.25) is 9.69 Å². The molecule has 0 saturated heterocycles. The number of hydrogen-bond donors (Lipinski definition) is 2. The molecule has 0 saturated carbocycles. The number of hydrogen-bond acceptors (Lipinski definition) is 4. The van der Waals surface area contributed by atoms with Crippen LogP contribution in [-0.4, -0.2) is 38.6 Å². The lowest BCUT2D eigenvalue weighted by molar-refractivity contribution is 0.0488. The second kappa shape index (κ2) is 9.66. The number of Topliss-reactive ketones (excluding diaryl/α,β-unsaturated/α-hetero) is 1. The van der Waals surface area contributed by atoms with Crippen molar-refractivity contribution in [3.05, 3.63) is 70.8 Å². The minimum absolute atomic E-state index is 0.263. The Morgan fingerprint density at radius 1 is 0.897 bits per heavy atom. The van der Waals surface area contributed by atoms with Gasteiger partial charge in [-0.15, -0.1) is 0 Å². The molecular formula is C25H35NO3. The highest BCUT2D eigenvalue weighted by atomic mass is 16.3. The predicted molar refractivity (Wildman–Crippen MR) is 118 cm³/mol. The number of carbonyl (C=O) groups excluding carboxylic acids is 1. The summed E-state index contributed by atoms with van der Waals surface area (Å²) >= 11 is 0. The largest absolute Gasteiger partial charge is 0.390 e. The Bertz CT molecular complexity index is 815. The maximum atomic E-state index is 12.4. The third kappa shape index (κ3) is 7.73. The first kappa shape index (κ1) is 23.3. The van der Waals surface area contributed by atoms with Crippen LogP contribution in [0.15, 0.2) is 48.5 Å². The summed E-state index contributed by atoms with van der Waals surface area (Å²) in [5, 5.41) is 20.1. The van der Waals surface area contributed by atoms with E-state index in [1.165, 1.54) is 19.4 Å². The maximum Gasteiger partial charge on any atom is 0.193 e. The van der Waals surface area contributed by atoms with Crippen molar-refractivity contribution in [3.63, 3.8) is 0 Å². The van der Waals surface area contributed by atoms with E-state index in [1.807, 2.05) is 38.1 Å². The molecular weight excluding hydrogens is 362 g/mol. The summed E-state index contributed by atoms with van der Waals surface area (Å²) in [6, 6.07) is 15.9. The molecule has 0 radical (unpaired) electrons. The molecule has 2 N–H and O–H groups in total. The van der Waals surface area contributed by atoms with Crippen molar-refractivity contribution in [1.29, 1.82) is 0 Å². The molecule has 158 valence electrons. The minimum atomic E-state index is -1.37. The van der Waals surface area contributed by atoms with E-state index in [2.05, 4.69) is 30.0 Å². The SMILES string of the molecule is CCCN(Cc1cccc(CC(C)(C)O)c1)Cc1cccc(C(=O)C(C)(C)O)c1. The second-order valence-electron chi connectivity index (χ2n) is 9.11. The van der Waals surface area contributed by atoms with Gasteiger partial charge >= 0.3 is 0 Å². The first-order chi connectivity index (χ1) is 13.5. The van der Waals surface area contributed by atoms with Gasteiger partial charge in [0.1, 0.15) is 5.60 Å². The fourth-order valence-corrected chi connectivity index (χ4v) is 3.55. The van der Waals surface area contributed by atoms with Crippen molar-refractivity contribution < 1.29 is 15.0 Å². The minimum Gasteiger partial charge on any atom is -0.390 e. The van der Waals surface area contributed by atoms with Crippen molar-refractivity contribution in [1.82, 2.24) is 4.90 Å². The highest BCUT2D eigenvalue weighted by Crippen LogP contribution is 2.18. The van der Waals surface area contributed by atoms with Crippen LogP contribution >= 0.6 is 0 Å². The van der Waals surface area contributed by atoms with Gasteiger partial charge in [-0.1, -0.05) is 49.4 Å². The molecule has 4 nitrogen and oxygen atoms in total. The lowest BCUT2D eigenvalue weighted by Crippen LogP contribution is -2.31. The summed E-state index contributed by atoms with van der Waals surface area (Å²) in [6.45, 7) is 11.3. The van der Waals surface area contributed by atoms with Gasteiger partial charge in [0.05, 0.1) is 5.60 Å². The van der Waals surface area contributed by atoms with E-state index in [0.29, 0.717) is 12.0 Å². The average molecular weight is 398 g/mol. The van der Waals surface area contributed by atoms with Crippen LogP contribution in [0.1, 0.15) is 68.1 Å². The van der Waals surface area contributed by atoms with Gasteiger partial charge in [-0.05, 0) is 63.4 Å². The van der Waals surface area contributed by atoms with E-state index in [4.69, 9.17) is 0 Å². The Kier molecular flexibility index (Phi) is 7.75. The lowest BCUT2D eigenvalue weighted by Gasteiger charge is -2.23. The van der Waals surface area contributed by atoms with Crippen molar-refractivity contribution in [2.45, 2.75) is 71.8 Å². The van der Waals surface area contributed by atoms with E-state index >= 15 is 0 Å². The predicted octanol–water partition coefficient (Wildman–Crippen LogP) is 4.37. The molecule has 0 unspecified atom stereocenters. The molecule has 0 spiro atoms. The van der Waals surface area contributed by atoms with Gasteiger partial charge in [-0.25, -0.2) is 0 Å². The Hall–Kier alpha value is -2.01. The third-order valence-electron chi connectivity index (χ3n) is 4.73. The van der Waals surface area contributed by atoms with E-state index in [9.17, 15) is 15.0 Å². The summed E-state index contributed by atoms with van der Waals surface area (Å²) in [4.78, 5) is 14.7. The number of rotatable bonds is 10. The molecule has 29 heavy (non-hydrogen) atoms. The van der Waals surface area contributed by atoms with Crippen LogP contribution in [0.3, 0.4) is 0 Å². The van der Waals surface area contributed by atoms with Crippen LogP contribution in [-0.2, 0) is 19.5 Å². The quantitative estimate of drug-likeness (QED) is 0.585. The van der Waals surface area contributed by atoms with Crippen LogP contribution < -0.4 is 0 Å². The normalized spacial score (nSPS) is 12.4. The van der Waals surface area contributed by atoms with E-state index in [1.54, 1.807) is 6.07 Å². The van der Waals surface area contributed by atoms with Crippen molar-refractivity contribution in [3.8, 4) is 0 Å². The molecule has 4 heteroatoms. The fourth-order valence-electron chi connectivity index (χ4n) is 3.55. The number of aliphatic hydroxyl groups is 2. The number of carbonyl (C=O) groups is 1. The summed E-state index contributed by atoms with van der Waals surface area (Å²) in [5.41, 5.74) is 1.84. The molecule has 2 aromatic carbocycles. The first-order valence-corrected chi connectivity index (χ1v) is 10.4. The standard InChI is InChI=1S/C25H35NO3/c1-6-13-26(17-20-10-7-9-19(14-20)16-24(2,3)28)18-21-11-8-12-22(15-21)23(27)25(4,5)29/h7-12,14-15,28-29H,6,13,16-18H2,1-5H3. The Labute approximate surface area is 175 Å².